The van der Waals surface area contributed by atoms with E-state index < -0.39 is 0 Å². The molecule has 0 saturated heterocycles. The summed E-state index contributed by atoms with van der Waals surface area (Å²) in [5.41, 5.74) is 2.38. The van der Waals surface area contributed by atoms with Gasteiger partial charge in [0.05, 0.1) is 7.11 Å². The zero-order valence-corrected chi connectivity index (χ0v) is 15.8. The van der Waals surface area contributed by atoms with Gasteiger partial charge in [-0.1, -0.05) is 30.8 Å². The monoisotopic (exact) mass is 359 g/mol. The van der Waals surface area contributed by atoms with Crippen molar-refractivity contribution in [3.05, 3.63) is 46.2 Å². The Kier molecular flexibility index (Phi) is 5.58. The highest BCUT2D eigenvalue weighted by Gasteiger charge is 2.15. The van der Waals surface area contributed by atoms with Crippen LogP contribution in [0.25, 0.3) is 11.4 Å². The molecule has 3 rings (SSSR count). The predicted octanol–water partition coefficient (Wildman–Crippen LogP) is 5.03. The Labute approximate surface area is 150 Å². The number of hydrogen-bond acceptors (Lipinski definition) is 5. The molecule has 0 fully saturated rings. The van der Waals surface area contributed by atoms with Gasteiger partial charge in [0.15, 0.2) is 11.0 Å². The van der Waals surface area contributed by atoms with Crippen molar-refractivity contribution >= 4 is 23.1 Å². The van der Waals surface area contributed by atoms with Crippen molar-refractivity contribution in [2.75, 3.05) is 7.11 Å². The van der Waals surface area contributed by atoms with Crippen LogP contribution in [0.3, 0.4) is 0 Å². The Bertz CT molecular complexity index is 810. The third-order valence-electron chi connectivity index (χ3n) is 3.65. The fourth-order valence-corrected chi connectivity index (χ4v) is 4.09. The maximum Gasteiger partial charge on any atom is 0.191 e. The van der Waals surface area contributed by atoms with Crippen molar-refractivity contribution in [2.45, 2.75) is 37.7 Å². The maximum atomic E-state index is 5.29. The quantitative estimate of drug-likeness (QED) is 0.555. The lowest BCUT2D eigenvalue weighted by Gasteiger charge is -2.08. The molecule has 0 radical (unpaired) electrons. The molecular weight excluding hydrogens is 338 g/mol. The van der Waals surface area contributed by atoms with Gasteiger partial charge in [-0.2, -0.15) is 0 Å². The largest absolute Gasteiger partial charge is 0.497 e. The molecule has 1 aromatic carbocycles. The molecule has 6 heteroatoms. The average Bonchev–Trinajstić information content (AvgIpc) is 3.20. The molecule has 0 atom stereocenters. The van der Waals surface area contributed by atoms with E-state index in [4.69, 9.17) is 4.74 Å². The molecule has 24 heavy (non-hydrogen) atoms. The van der Waals surface area contributed by atoms with E-state index in [1.54, 1.807) is 30.2 Å². The highest BCUT2D eigenvalue weighted by atomic mass is 32.2. The second-order valence-corrected chi connectivity index (χ2v) is 7.60. The summed E-state index contributed by atoms with van der Waals surface area (Å²) < 4.78 is 7.52. The van der Waals surface area contributed by atoms with Crippen LogP contribution in [0, 0.1) is 6.92 Å². The zero-order valence-electron chi connectivity index (χ0n) is 14.2. The molecule has 0 amide bonds. The molecule has 0 aliphatic carbocycles. The smallest absolute Gasteiger partial charge is 0.191 e. The number of hydrogen-bond donors (Lipinski definition) is 0. The van der Waals surface area contributed by atoms with Gasteiger partial charge in [0.25, 0.3) is 0 Å². The van der Waals surface area contributed by atoms with Gasteiger partial charge in [0.1, 0.15) is 5.75 Å². The lowest BCUT2D eigenvalue weighted by molar-refractivity contribution is 0.414. The molecule has 2 aromatic heterocycles. The minimum absolute atomic E-state index is 0.849. The van der Waals surface area contributed by atoms with E-state index in [-0.39, 0.29) is 0 Å². The number of aromatic nitrogens is 3. The van der Waals surface area contributed by atoms with E-state index in [0.29, 0.717) is 0 Å². The van der Waals surface area contributed by atoms with Gasteiger partial charge in [0.2, 0.25) is 0 Å². The van der Waals surface area contributed by atoms with Crippen LogP contribution in [0.5, 0.6) is 5.75 Å². The Morgan fingerprint density at radius 1 is 1.25 bits per heavy atom. The normalized spacial score (nSPS) is 11.0. The van der Waals surface area contributed by atoms with Crippen LogP contribution in [-0.2, 0) is 12.3 Å². The SMILES string of the molecule is CCCn1c(SCc2cccc(OC)c2)nnc1-c1csc(C)c1. The topological polar surface area (TPSA) is 39.9 Å². The first kappa shape index (κ1) is 17.0. The van der Waals surface area contributed by atoms with Crippen LogP contribution >= 0.6 is 23.1 Å². The molecule has 0 saturated carbocycles. The molecule has 0 bridgehead atoms. The Morgan fingerprint density at radius 3 is 2.83 bits per heavy atom. The molecule has 2 heterocycles. The first-order valence-corrected chi connectivity index (χ1v) is 9.82. The fraction of sp³-hybridized carbons (Fsp3) is 0.333. The van der Waals surface area contributed by atoms with E-state index in [9.17, 15) is 0 Å². The lowest BCUT2D eigenvalue weighted by Crippen LogP contribution is -2.01. The van der Waals surface area contributed by atoms with Crippen molar-refractivity contribution in [1.29, 1.82) is 0 Å². The number of methoxy groups -OCH3 is 1. The molecule has 0 unspecified atom stereocenters. The van der Waals surface area contributed by atoms with Crippen molar-refractivity contribution in [3.8, 4) is 17.1 Å². The van der Waals surface area contributed by atoms with Crippen molar-refractivity contribution in [2.24, 2.45) is 0 Å². The minimum Gasteiger partial charge on any atom is -0.497 e. The predicted molar refractivity (Wildman–Crippen MR) is 101 cm³/mol. The number of ether oxygens (including phenoxy) is 1. The van der Waals surface area contributed by atoms with Gasteiger partial charge >= 0.3 is 0 Å². The fourth-order valence-electron chi connectivity index (χ4n) is 2.51. The van der Waals surface area contributed by atoms with Gasteiger partial charge in [-0.15, -0.1) is 21.5 Å². The summed E-state index contributed by atoms with van der Waals surface area (Å²) in [7, 11) is 1.69. The molecule has 0 N–H and O–H groups in total. The van der Waals surface area contributed by atoms with E-state index in [0.717, 1.165) is 41.0 Å². The van der Waals surface area contributed by atoms with Gasteiger partial charge < -0.3 is 9.30 Å². The zero-order chi connectivity index (χ0) is 16.9. The molecular formula is C18H21N3OS2. The van der Waals surface area contributed by atoms with Gasteiger partial charge in [-0.05, 0) is 37.1 Å². The highest BCUT2D eigenvalue weighted by molar-refractivity contribution is 7.98. The van der Waals surface area contributed by atoms with Gasteiger partial charge in [0, 0.05) is 28.1 Å². The molecule has 126 valence electrons. The lowest BCUT2D eigenvalue weighted by atomic mass is 10.2. The summed E-state index contributed by atoms with van der Waals surface area (Å²) in [6.07, 6.45) is 1.06. The number of rotatable bonds is 7. The second-order valence-electron chi connectivity index (χ2n) is 5.54. The van der Waals surface area contributed by atoms with E-state index in [1.165, 1.54) is 10.4 Å². The van der Waals surface area contributed by atoms with Crippen LogP contribution in [0.1, 0.15) is 23.8 Å². The van der Waals surface area contributed by atoms with Gasteiger partial charge in [-0.25, -0.2) is 0 Å². The maximum absolute atomic E-state index is 5.29. The first-order valence-electron chi connectivity index (χ1n) is 7.95. The summed E-state index contributed by atoms with van der Waals surface area (Å²) >= 11 is 3.47. The average molecular weight is 360 g/mol. The summed E-state index contributed by atoms with van der Waals surface area (Å²) in [4.78, 5) is 1.29. The van der Waals surface area contributed by atoms with Crippen LogP contribution in [0.15, 0.2) is 40.9 Å². The number of nitrogens with zero attached hydrogens (tertiary/aromatic N) is 3. The van der Waals surface area contributed by atoms with E-state index in [1.807, 2.05) is 12.1 Å². The van der Waals surface area contributed by atoms with E-state index >= 15 is 0 Å². The first-order chi connectivity index (χ1) is 11.7. The Morgan fingerprint density at radius 2 is 2.12 bits per heavy atom. The second kappa shape index (κ2) is 7.85. The molecule has 4 nitrogen and oxygen atoms in total. The Hall–Kier alpha value is -1.79. The van der Waals surface area contributed by atoms with Crippen molar-refractivity contribution < 1.29 is 4.74 Å². The number of thiophene rings is 1. The summed E-state index contributed by atoms with van der Waals surface area (Å²) in [5.74, 6) is 2.70. The number of aryl methyl sites for hydroxylation is 1. The van der Waals surface area contributed by atoms with Crippen LogP contribution in [-0.4, -0.2) is 21.9 Å². The summed E-state index contributed by atoms with van der Waals surface area (Å²) in [5, 5.41) is 12.0. The third-order valence-corrected chi connectivity index (χ3v) is 5.55. The Balaban J connectivity index is 1.81. The van der Waals surface area contributed by atoms with Crippen molar-refractivity contribution in [3.63, 3.8) is 0 Å². The van der Waals surface area contributed by atoms with Crippen LogP contribution < -0.4 is 4.74 Å². The van der Waals surface area contributed by atoms with Crippen LogP contribution in [0.4, 0.5) is 0 Å². The summed E-state index contributed by atoms with van der Waals surface area (Å²) in [6, 6.07) is 10.3. The highest BCUT2D eigenvalue weighted by Crippen LogP contribution is 2.29. The number of benzene rings is 1. The molecule has 0 spiro atoms. The molecule has 3 aromatic rings. The number of thioether (sulfide) groups is 1. The standard InChI is InChI=1S/C18H21N3OS2/c1-4-8-21-17(15-9-13(2)23-12-15)19-20-18(21)24-11-14-6-5-7-16(10-14)22-3/h5-7,9-10,12H,4,8,11H2,1-3H3. The van der Waals surface area contributed by atoms with Crippen molar-refractivity contribution in [1.82, 2.24) is 14.8 Å². The summed E-state index contributed by atoms with van der Waals surface area (Å²) in [6.45, 7) is 5.23. The molecule has 0 aliphatic heterocycles. The van der Waals surface area contributed by atoms with Gasteiger partial charge in [-0.3, -0.25) is 0 Å². The third kappa shape index (κ3) is 3.82. The minimum atomic E-state index is 0.849. The molecule has 0 aliphatic rings. The van der Waals surface area contributed by atoms with E-state index in [2.05, 4.69) is 52.2 Å². The van der Waals surface area contributed by atoms with Crippen LogP contribution in [0.2, 0.25) is 0 Å².